The van der Waals surface area contributed by atoms with Crippen molar-refractivity contribution >= 4 is 14.2 Å². The highest BCUT2D eigenvalue weighted by atomic mass is 28.4. The molecule has 2 rings (SSSR count). The molecule has 27 heavy (non-hydrogen) atoms. The minimum atomic E-state index is -1.86. The molecule has 2 aliphatic rings. The number of rotatable bonds is 9. The largest absolute Gasteiger partial charge is 0.413 e. The van der Waals surface area contributed by atoms with Crippen molar-refractivity contribution in [1.29, 1.82) is 0 Å². The van der Waals surface area contributed by atoms with E-state index in [0.717, 1.165) is 12.8 Å². The van der Waals surface area contributed by atoms with Gasteiger partial charge in [0.25, 0.3) is 0 Å². The highest BCUT2D eigenvalue weighted by Crippen LogP contribution is 2.51. The van der Waals surface area contributed by atoms with E-state index in [0.29, 0.717) is 28.6 Å². The number of carbonyl (C=O) groups excluding carboxylic acids is 1. The van der Waals surface area contributed by atoms with Gasteiger partial charge in [0, 0.05) is 12.8 Å². The van der Waals surface area contributed by atoms with Gasteiger partial charge in [-0.05, 0) is 54.3 Å². The molecule has 0 aromatic carbocycles. The van der Waals surface area contributed by atoms with E-state index in [4.69, 9.17) is 4.43 Å². The predicted molar refractivity (Wildman–Crippen MR) is 117 cm³/mol. The van der Waals surface area contributed by atoms with Crippen molar-refractivity contribution in [3.63, 3.8) is 0 Å². The van der Waals surface area contributed by atoms with Crippen LogP contribution in [-0.2, 0) is 9.22 Å². The smallest absolute Gasteiger partial charge is 0.217 e. The maximum absolute atomic E-state index is 11.8. The van der Waals surface area contributed by atoms with E-state index < -0.39 is 8.32 Å². The van der Waals surface area contributed by atoms with Gasteiger partial charge < -0.3 is 9.74 Å². The first kappa shape index (κ1) is 22.7. The zero-order valence-electron chi connectivity index (χ0n) is 19.0. The molecule has 1 amide bonds. The number of hydrogen-bond donors (Lipinski definition) is 1. The lowest BCUT2D eigenvalue weighted by Gasteiger charge is -2.45. The van der Waals surface area contributed by atoms with Crippen LogP contribution in [0.2, 0.25) is 16.6 Å². The average Bonchev–Trinajstić information content (AvgIpc) is 3.08. The molecule has 3 atom stereocenters. The SMILES string of the molecule is CCCCC1=C2CC[C@@H](O[Si](C(C)C)(C(C)C)C(C)C)[C@@H]2C[C@H]1NC(C)=O. The van der Waals surface area contributed by atoms with E-state index in [1.54, 1.807) is 12.5 Å². The summed E-state index contributed by atoms with van der Waals surface area (Å²) in [7, 11) is -1.86. The van der Waals surface area contributed by atoms with Gasteiger partial charge in [0.2, 0.25) is 14.2 Å². The third-order valence-electron chi connectivity index (χ3n) is 7.16. The molecule has 0 spiro atoms. The van der Waals surface area contributed by atoms with Crippen LogP contribution in [0.15, 0.2) is 11.1 Å². The Morgan fingerprint density at radius 3 is 2.22 bits per heavy atom. The second-order valence-electron chi connectivity index (χ2n) is 9.76. The molecule has 1 fully saturated rings. The van der Waals surface area contributed by atoms with Gasteiger partial charge in [-0.15, -0.1) is 0 Å². The van der Waals surface area contributed by atoms with Gasteiger partial charge >= 0.3 is 0 Å². The van der Waals surface area contributed by atoms with Gasteiger partial charge in [0.05, 0.1) is 12.1 Å². The first-order chi connectivity index (χ1) is 12.6. The Kier molecular flexibility index (Phi) is 7.77. The number of hydrogen-bond acceptors (Lipinski definition) is 2. The normalized spacial score (nSPS) is 25.8. The van der Waals surface area contributed by atoms with Gasteiger partial charge in [-0.25, -0.2) is 0 Å². The van der Waals surface area contributed by atoms with Crippen molar-refractivity contribution in [3.05, 3.63) is 11.1 Å². The number of nitrogens with one attached hydrogen (secondary N) is 1. The zero-order chi connectivity index (χ0) is 20.4. The molecule has 2 aliphatic carbocycles. The Bertz CT molecular complexity index is 531. The molecule has 1 saturated carbocycles. The summed E-state index contributed by atoms with van der Waals surface area (Å²) < 4.78 is 7.20. The van der Waals surface area contributed by atoms with Crippen molar-refractivity contribution in [2.24, 2.45) is 5.92 Å². The average molecular weight is 394 g/mol. The maximum Gasteiger partial charge on any atom is 0.217 e. The summed E-state index contributed by atoms with van der Waals surface area (Å²) >= 11 is 0. The minimum Gasteiger partial charge on any atom is -0.413 e. The molecule has 0 aliphatic heterocycles. The fourth-order valence-corrected chi connectivity index (χ4v) is 11.7. The first-order valence-corrected chi connectivity index (χ1v) is 13.5. The van der Waals surface area contributed by atoms with Crippen molar-refractivity contribution in [3.8, 4) is 0 Å². The number of fused-ring (bicyclic) bond motifs is 1. The van der Waals surface area contributed by atoms with E-state index in [-0.39, 0.29) is 11.9 Å². The Morgan fingerprint density at radius 1 is 1.15 bits per heavy atom. The van der Waals surface area contributed by atoms with Crippen LogP contribution in [0.3, 0.4) is 0 Å². The third kappa shape index (κ3) is 4.53. The molecule has 0 radical (unpaired) electrons. The third-order valence-corrected chi connectivity index (χ3v) is 13.3. The van der Waals surface area contributed by atoms with Crippen molar-refractivity contribution < 1.29 is 9.22 Å². The van der Waals surface area contributed by atoms with E-state index in [2.05, 4.69) is 53.8 Å². The standard InChI is InChI=1S/C23H43NO2Si/c1-9-10-11-20-19-12-13-23(21(19)14-22(20)24-18(8)25)26-27(15(2)3,16(4)5)17(6)7/h15-17,21-23H,9-14H2,1-8H3,(H,24,25)/t21-,22-,23-/m1/s1. The van der Waals surface area contributed by atoms with Crippen LogP contribution in [0.25, 0.3) is 0 Å². The molecule has 156 valence electrons. The molecule has 0 bridgehead atoms. The molecule has 4 heteroatoms. The second-order valence-corrected chi connectivity index (χ2v) is 15.2. The van der Waals surface area contributed by atoms with Crippen LogP contribution in [0.5, 0.6) is 0 Å². The Hall–Kier alpha value is -0.613. The van der Waals surface area contributed by atoms with E-state index in [9.17, 15) is 4.79 Å². The van der Waals surface area contributed by atoms with Crippen LogP contribution in [0, 0.1) is 5.92 Å². The minimum absolute atomic E-state index is 0.0994. The van der Waals surface area contributed by atoms with E-state index >= 15 is 0 Å². The Labute approximate surface area is 168 Å². The Morgan fingerprint density at radius 2 is 1.74 bits per heavy atom. The Balaban J connectivity index is 2.27. The van der Waals surface area contributed by atoms with Crippen LogP contribution in [0.4, 0.5) is 0 Å². The van der Waals surface area contributed by atoms with Gasteiger partial charge in [-0.1, -0.05) is 60.5 Å². The van der Waals surface area contributed by atoms with Gasteiger partial charge in [-0.3, -0.25) is 4.79 Å². The highest BCUT2D eigenvalue weighted by Gasteiger charge is 2.50. The summed E-state index contributed by atoms with van der Waals surface area (Å²) in [5, 5.41) is 3.24. The maximum atomic E-state index is 11.8. The lowest BCUT2D eigenvalue weighted by molar-refractivity contribution is -0.119. The highest BCUT2D eigenvalue weighted by molar-refractivity contribution is 6.77. The van der Waals surface area contributed by atoms with E-state index in [1.165, 1.54) is 31.3 Å². The summed E-state index contributed by atoms with van der Waals surface area (Å²) in [6, 6.07) is 0.244. The number of unbranched alkanes of at least 4 members (excludes halogenated alkanes) is 1. The zero-order valence-corrected chi connectivity index (χ0v) is 20.0. The van der Waals surface area contributed by atoms with Crippen LogP contribution >= 0.6 is 0 Å². The predicted octanol–water partition coefficient (Wildman–Crippen LogP) is 6.35. The molecular weight excluding hydrogens is 350 g/mol. The quantitative estimate of drug-likeness (QED) is 0.366. The number of carbonyl (C=O) groups is 1. The van der Waals surface area contributed by atoms with Gasteiger partial charge in [0.1, 0.15) is 0 Å². The van der Waals surface area contributed by atoms with Crippen LogP contribution < -0.4 is 5.32 Å². The van der Waals surface area contributed by atoms with E-state index in [1.807, 2.05) is 0 Å². The summed E-state index contributed by atoms with van der Waals surface area (Å²) in [6.45, 7) is 18.1. The second kappa shape index (κ2) is 9.26. The summed E-state index contributed by atoms with van der Waals surface area (Å²) in [4.78, 5) is 11.8. The molecule has 1 N–H and O–H groups in total. The molecule has 0 aromatic heterocycles. The molecular formula is C23H43NO2Si. The van der Waals surface area contributed by atoms with Crippen LogP contribution in [0.1, 0.15) is 93.9 Å². The fraction of sp³-hybridized carbons (Fsp3) is 0.870. The van der Waals surface area contributed by atoms with Crippen molar-refractivity contribution in [1.82, 2.24) is 5.32 Å². The monoisotopic (exact) mass is 393 g/mol. The summed E-state index contributed by atoms with van der Waals surface area (Å²) in [5.74, 6) is 0.624. The van der Waals surface area contributed by atoms with Gasteiger partial charge in [0.15, 0.2) is 0 Å². The molecule has 0 heterocycles. The van der Waals surface area contributed by atoms with Crippen molar-refractivity contribution in [2.75, 3.05) is 0 Å². The van der Waals surface area contributed by atoms with Crippen LogP contribution in [-0.4, -0.2) is 26.4 Å². The first-order valence-electron chi connectivity index (χ1n) is 11.3. The molecule has 3 nitrogen and oxygen atoms in total. The van der Waals surface area contributed by atoms with Crippen molar-refractivity contribution in [2.45, 2.75) is 123 Å². The fourth-order valence-electron chi connectivity index (χ4n) is 6.13. The number of amides is 1. The molecule has 0 saturated heterocycles. The lowest BCUT2D eigenvalue weighted by atomic mass is 10.0. The van der Waals surface area contributed by atoms with Gasteiger partial charge in [-0.2, -0.15) is 0 Å². The molecule has 0 unspecified atom stereocenters. The molecule has 0 aromatic rings. The lowest BCUT2D eigenvalue weighted by Crippen LogP contribution is -2.51. The summed E-state index contributed by atoms with van der Waals surface area (Å²) in [6.07, 6.45) is 7.31. The topological polar surface area (TPSA) is 38.3 Å². The summed E-state index contributed by atoms with van der Waals surface area (Å²) in [5.41, 5.74) is 5.04.